The zero-order valence-corrected chi connectivity index (χ0v) is 47.4. The van der Waals surface area contributed by atoms with E-state index >= 15 is 0 Å². The molecule has 75 heavy (non-hydrogen) atoms. The molecule has 3 fully saturated rings. The number of nitrogens with zero attached hydrogens (tertiary/aromatic N) is 1. The van der Waals surface area contributed by atoms with Gasteiger partial charge in [0.1, 0.15) is 18.2 Å². The Hall–Kier alpha value is -3.26. The van der Waals surface area contributed by atoms with Gasteiger partial charge in [0.15, 0.2) is 11.6 Å². The van der Waals surface area contributed by atoms with Crippen LogP contribution in [0.2, 0.25) is 0 Å². The van der Waals surface area contributed by atoms with Gasteiger partial charge in [0, 0.05) is 65.1 Å². The molecule has 1 saturated carbocycles. The molecule has 2 saturated heterocycles. The van der Waals surface area contributed by atoms with E-state index in [4.69, 9.17) is 42.6 Å². The summed E-state index contributed by atoms with van der Waals surface area (Å²) < 4.78 is 59.8. The topological polar surface area (TPSA) is 240 Å². The number of carbonyl (C=O) groups excluding carboxylic acids is 5. The number of methoxy groups -OCH3 is 3. The molecule has 0 aromatic heterocycles. The van der Waals surface area contributed by atoms with E-state index in [1.807, 2.05) is 58.1 Å². The van der Waals surface area contributed by atoms with Gasteiger partial charge in [-0.15, -0.1) is 0 Å². The number of rotatable bonds is 14. The van der Waals surface area contributed by atoms with Crippen LogP contribution in [-0.2, 0) is 66.0 Å². The maximum atomic E-state index is 14.6. The number of hydrogen-bond acceptors (Lipinski definition) is 17. The summed E-state index contributed by atoms with van der Waals surface area (Å²) in [7, 11) is 0.982. The van der Waals surface area contributed by atoms with Crippen molar-refractivity contribution >= 4 is 36.8 Å². The van der Waals surface area contributed by atoms with E-state index in [0.717, 1.165) is 5.57 Å². The highest BCUT2D eigenvalue weighted by Crippen LogP contribution is 2.48. The Morgan fingerprint density at radius 3 is 2.28 bits per heavy atom. The summed E-state index contributed by atoms with van der Waals surface area (Å²) in [6, 6.07) is -1.19. The van der Waals surface area contributed by atoms with Gasteiger partial charge in [-0.25, -0.2) is 4.79 Å². The summed E-state index contributed by atoms with van der Waals surface area (Å²) in [6.07, 6.45) is 10.3. The molecule has 3 unspecified atom stereocenters. The highest BCUT2D eigenvalue weighted by molar-refractivity contribution is 7.53. The molecule has 0 aromatic rings. The van der Waals surface area contributed by atoms with Gasteiger partial charge < -0.3 is 57.7 Å². The molecule has 18 nitrogen and oxygen atoms in total. The van der Waals surface area contributed by atoms with Crippen molar-refractivity contribution < 1.29 is 81.3 Å². The molecule has 3 aliphatic heterocycles. The summed E-state index contributed by atoms with van der Waals surface area (Å²) in [5.41, 5.74) is 1.14. The third-order valence-electron chi connectivity index (χ3n) is 15.6. The second-order valence-corrected chi connectivity index (χ2v) is 23.6. The van der Waals surface area contributed by atoms with Crippen molar-refractivity contribution in [1.29, 1.82) is 0 Å². The Kier molecular flexibility index (Phi) is 26.4. The van der Waals surface area contributed by atoms with Crippen molar-refractivity contribution in [2.45, 2.75) is 180 Å². The lowest BCUT2D eigenvalue weighted by molar-refractivity contribution is -0.265. The van der Waals surface area contributed by atoms with E-state index in [1.54, 1.807) is 41.1 Å². The van der Waals surface area contributed by atoms with Gasteiger partial charge in [-0.05, 0) is 107 Å². The van der Waals surface area contributed by atoms with E-state index in [1.165, 1.54) is 18.7 Å². The molecule has 1 aliphatic carbocycles. The van der Waals surface area contributed by atoms with Crippen LogP contribution in [0, 0.1) is 35.5 Å². The van der Waals surface area contributed by atoms with Crippen LogP contribution in [0.4, 0.5) is 0 Å². The first-order valence-electron chi connectivity index (χ1n) is 27.1. The maximum Gasteiger partial charge on any atom is 0.329 e. The summed E-state index contributed by atoms with van der Waals surface area (Å²) in [5.74, 6) is -8.44. The molecule has 3 N–H and O–H groups in total. The quantitative estimate of drug-likeness (QED) is 0.0683. The fraction of sp³-hybridized carbons (Fsp3) is 0.768. The molecule has 1 amide bonds. The number of piperidine rings is 1. The number of allylic oxidation sites excluding steroid dienone is 6. The monoisotopic (exact) mass is 1080 g/mol. The standard InChI is InChI=1S/C56H90NO17P/c1-35-17-13-12-14-18-36(2)47(67-8)33-43-22-20-41(7)56(65,73-43)53(62)54(63)57-24-16-15-19-44(57)55(64)72-48(34-45(59)37(3)30-40(6)51(61)52(69-10)50(60)39(5)29-35)38(4)31-42-21-23-46(49(32-42)68-9)74-75(11,66)71-28-27-70-26-25-58/h12-14,17-18,30,35,38-44,46-49,51-52,58,61,65H,15-16,19-29,31-34H2,1-11H3/t35-,38-,39-,40?,41-,42+,43+,44+,46-,47+,48?,49-,51-,52+,56-,75?/m1/s1. The molecule has 426 valence electrons. The third kappa shape index (κ3) is 18.7. The smallest absolute Gasteiger partial charge is 0.329 e. The van der Waals surface area contributed by atoms with Gasteiger partial charge >= 0.3 is 13.6 Å². The van der Waals surface area contributed by atoms with Crippen molar-refractivity contribution in [3.63, 3.8) is 0 Å². The Bertz CT molecular complexity index is 2060. The normalized spacial score (nSPS) is 35.3. The van der Waals surface area contributed by atoms with E-state index in [2.05, 4.69) is 0 Å². The number of amides is 1. The average Bonchev–Trinajstić information content (AvgIpc) is 3.37. The van der Waals surface area contributed by atoms with Crippen molar-refractivity contribution in [3.8, 4) is 0 Å². The fourth-order valence-electron chi connectivity index (χ4n) is 10.9. The molecule has 2 bridgehead atoms. The van der Waals surface area contributed by atoms with Crippen molar-refractivity contribution in [3.05, 3.63) is 47.6 Å². The van der Waals surface area contributed by atoms with Crippen molar-refractivity contribution in [1.82, 2.24) is 4.90 Å². The van der Waals surface area contributed by atoms with Crippen LogP contribution in [0.5, 0.6) is 0 Å². The van der Waals surface area contributed by atoms with Crippen LogP contribution in [0.15, 0.2) is 47.6 Å². The highest BCUT2D eigenvalue weighted by Gasteiger charge is 2.53. The molecule has 19 heteroatoms. The van der Waals surface area contributed by atoms with Crippen LogP contribution in [-0.4, -0.2) is 165 Å². The number of carbonyl (C=O) groups is 5. The third-order valence-corrected chi connectivity index (χ3v) is 16.9. The summed E-state index contributed by atoms with van der Waals surface area (Å²) in [5, 5.41) is 32.5. The van der Waals surface area contributed by atoms with Crippen LogP contribution in [0.25, 0.3) is 0 Å². The van der Waals surface area contributed by atoms with E-state index < -0.39 is 103 Å². The van der Waals surface area contributed by atoms with E-state index in [0.29, 0.717) is 64.2 Å². The number of fused-ring (bicyclic) bond motifs is 3. The summed E-state index contributed by atoms with van der Waals surface area (Å²) in [6.45, 7) is 14.1. The number of hydrogen-bond donors (Lipinski definition) is 3. The SMILES string of the molecule is CO[C@H]1C[C@@H]2CC[C@@H](C)[C@@](O)(O2)C(=O)C(=O)N2CCCC[C@H]2C(=O)OC([C@H](C)C[C@@H]2CC[C@@H](OP(C)(=O)OCCOCCO)[C@H](OC)C2)CC(=O)C(C)=CC(C)[C@@H](O)[C@@H](OC)C(=O)[C@H](C)C[C@H](C)C=CC=CC=C1C. The first-order chi connectivity index (χ1) is 35.5. The molecule has 4 aliphatic rings. The van der Waals surface area contributed by atoms with E-state index in [9.17, 15) is 38.8 Å². The number of ether oxygens (including phenoxy) is 6. The number of aliphatic hydroxyl groups excluding tert-OH is 2. The lowest BCUT2D eigenvalue weighted by Gasteiger charge is -2.42. The lowest BCUT2D eigenvalue weighted by atomic mass is 9.78. The second-order valence-electron chi connectivity index (χ2n) is 21.6. The molecule has 16 atom stereocenters. The molecular formula is C56H90NO17P. The maximum absolute atomic E-state index is 14.6. The predicted octanol–water partition coefficient (Wildman–Crippen LogP) is 7.05. The molecule has 0 radical (unpaired) electrons. The van der Waals surface area contributed by atoms with Crippen LogP contribution >= 0.6 is 7.60 Å². The Labute approximate surface area is 445 Å². The molecular weight excluding hydrogens is 990 g/mol. The number of cyclic esters (lactones) is 1. The minimum atomic E-state index is -3.51. The fourth-order valence-corrected chi connectivity index (χ4v) is 12.1. The van der Waals surface area contributed by atoms with Gasteiger partial charge in [0.05, 0.1) is 56.9 Å². The average molecular weight is 1080 g/mol. The zero-order chi connectivity index (χ0) is 55.6. The number of Topliss-reactive ketones (excluding diaryl/α,β-unsaturated/α-hetero) is 3. The largest absolute Gasteiger partial charge is 0.460 e. The van der Waals surface area contributed by atoms with Crippen LogP contribution < -0.4 is 0 Å². The highest BCUT2D eigenvalue weighted by atomic mass is 31.2. The molecule has 4 rings (SSSR count). The zero-order valence-electron chi connectivity index (χ0n) is 46.5. The lowest BCUT2D eigenvalue weighted by Crippen LogP contribution is -2.61. The van der Waals surface area contributed by atoms with Crippen molar-refractivity contribution in [2.24, 2.45) is 35.5 Å². The number of ketones is 3. The number of aliphatic hydroxyl groups is 3. The van der Waals surface area contributed by atoms with Crippen molar-refractivity contribution in [2.75, 3.05) is 61.0 Å². The summed E-state index contributed by atoms with van der Waals surface area (Å²) in [4.78, 5) is 72.6. The minimum Gasteiger partial charge on any atom is -0.460 e. The Morgan fingerprint density at radius 2 is 1.60 bits per heavy atom. The van der Waals surface area contributed by atoms with Gasteiger partial charge in [0.25, 0.3) is 11.7 Å². The first-order valence-corrected chi connectivity index (χ1v) is 29.1. The Morgan fingerprint density at radius 1 is 0.867 bits per heavy atom. The van der Waals surface area contributed by atoms with Gasteiger partial charge in [-0.3, -0.25) is 23.7 Å². The molecule has 0 aromatic carbocycles. The second kappa shape index (κ2) is 30.8. The van der Waals surface area contributed by atoms with Gasteiger partial charge in [-0.2, -0.15) is 0 Å². The predicted molar refractivity (Wildman–Crippen MR) is 281 cm³/mol. The number of esters is 1. The van der Waals surface area contributed by atoms with Gasteiger partial charge in [-0.1, -0.05) is 71.1 Å². The van der Waals surface area contributed by atoms with Crippen LogP contribution in [0.3, 0.4) is 0 Å². The Balaban J connectivity index is 1.66. The van der Waals surface area contributed by atoms with Gasteiger partial charge in [0.2, 0.25) is 5.79 Å². The van der Waals surface area contributed by atoms with E-state index in [-0.39, 0.29) is 74.8 Å². The summed E-state index contributed by atoms with van der Waals surface area (Å²) >= 11 is 0. The molecule has 3 heterocycles. The minimum absolute atomic E-state index is 0.000367. The molecule has 0 spiro atoms. The first kappa shape index (κ1) is 64.3. The van der Waals surface area contributed by atoms with Crippen LogP contribution in [0.1, 0.15) is 126 Å².